The molecule has 1 atom stereocenters. The van der Waals surface area contributed by atoms with Gasteiger partial charge in [-0.05, 0) is 11.6 Å². The second-order valence-electron chi connectivity index (χ2n) is 4.24. The van der Waals surface area contributed by atoms with Crippen molar-refractivity contribution < 1.29 is 9.90 Å². The van der Waals surface area contributed by atoms with Crippen molar-refractivity contribution in [3.8, 4) is 0 Å². The SMILES string of the molecule is O=C(O)C1CNCCN1Cc1cccc(Cl)c1Cl. The Hall–Kier alpha value is -0.810. The van der Waals surface area contributed by atoms with E-state index in [2.05, 4.69) is 5.32 Å². The zero-order valence-corrected chi connectivity index (χ0v) is 11.2. The molecule has 0 amide bonds. The Kier molecular flexibility index (Phi) is 4.45. The van der Waals surface area contributed by atoms with Gasteiger partial charge in [0.15, 0.2) is 0 Å². The van der Waals surface area contributed by atoms with Gasteiger partial charge in [-0.1, -0.05) is 35.3 Å². The predicted molar refractivity (Wildman–Crippen MR) is 71.2 cm³/mol. The number of carboxylic acid groups (broad SMARTS) is 1. The zero-order valence-electron chi connectivity index (χ0n) is 9.70. The number of hydrogen-bond donors (Lipinski definition) is 2. The first-order chi connectivity index (χ1) is 8.59. The summed E-state index contributed by atoms with van der Waals surface area (Å²) in [6, 6.07) is 4.89. The molecule has 0 radical (unpaired) electrons. The highest BCUT2D eigenvalue weighted by atomic mass is 35.5. The van der Waals surface area contributed by atoms with Crippen LogP contribution in [0.3, 0.4) is 0 Å². The number of benzene rings is 1. The van der Waals surface area contributed by atoms with Gasteiger partial charge in [-0.2, -0.15) is 0 Å². The van der Waals surface area contributed by atoms with Crippen LogP contribution >= 0.6 is 23.2 Å². The summed E-state index contributed by atoms with van der Waals surface area (Å²) in [4.78, 5) is 13.1. The maximum absolute atomic E-state index is 11.2. The molecule has 0 bridgehead atoms. The molecular weight excluding hydrogens is 275 g/mol. The van der Waals surface area contributed by atoms with Gasteiger partial charge in [0.25, 0.3) is 0 Å². The Balaban J connectivity index is 2.16. The highest BCUT2D eigenvalue weighted by Crippen LogP contribution is 2.27. The Morgan fingerprint density at radius 3 is 3.00 bits per heavy atom. The van der Waals surface area contributed by atoms with Crippen LogP contribution in [0.15, 0.2) is 18.2 Å². The van der Waals surface area contributed by atoms with Gasteiger partial charge in [-0.25, -0.2) is 0 Å². The van der Waals surface area contributed by atoms with Crippen LogP contribution in [0, 0.1) is 0 Å². The number of aliphatic carboxylic acids is 1. The normalized spacial score (nSPS) is 20.9. The molecule has 1 aliphatic rings. The molecule has 1 aliphatic heterocycles. The van der Waals surface area contributed by atoms with Gasteiger partial charge in [0, 0.05) is 26.2 Å². The van der Waals surface area contributed by atoms with Gasteiger partial charge < -0.3 is 10.4 Å². The summed E-state index contributed by atoms with van der Waals surface area (Å²) in [7, 11) is 0. The van der Waals surface area contributed by atoms with Gasteiger partial charge in [-0.15, -0.1) is 0 Å². The van der Waals surface area contributed by atoms with Gasteiger partial charge >= 0.3 is 5.97 Å². The maximum Gasteiger partial charge on any atom is 0.322 e. The summed E-state index contributed by atoms with van der Waals surface area (Å²) in [6.45, 7) is 2.41. The maximum atomic E-state index is 11.2. The van der Waals surface area contributed by atoms with E-state index in [1.165, 1.54) is 0 Å². The molecule has 1 saturated heterocycles. The van der Waals surface area contributed by atoms with E-state index >= 15 is 0 Å². The number of rotatable bonds is 3. The van der Waals surface area contributed by atoms with Crippen molar-refractivity contribution >= 4 is 29.2 Å². The van der Waals surface area contributed by atoms with Crippen molar-refractivity contribution in [3.63, 3.8) is 0 Å². The van der Waals surface area contributed by atoms with E-state index in [0.717, 1.165) is 12.1 Å². The molecule has 0 aromatic heterocycles. The van der Waals surface area contributed by atoms with E-state index in [-0.39, 0.29) is 0 Å². The fraction of sp³-hybridized carbons (Fsp3) is 0.417. The van der Waals surface area contributed by atoms with E-state index in [0.29, 0.717) is 29.7 Å². The van der Waals surface area contributed by atoms with Crippen LogP contribution in [0.5, 0.6) is 0 Å². The number of nitrogens with one attached hydrogen (secondary N) is 1. The van der Waals surface area contributed by atoms with Crippen molar-refractivity contribution in [2.24, 2.45) is 0 Å². The molecule has 0 aliphatic carbocycles. The van der Waals surface area contributed by atoms with Crippen molar-refractivity contribution in [2.45, 2.75) is 12.6 Å². The first-order valence-electron chi connectivity index (χ1n) is 5.70. The molecule has 2 N–H and O–H groups in total. The molecule has 4 nitrogen and oxygen atoms in total. The minimum atomic E-state index is -0.819. The van der Waals surface area contributed by atoms with Crippen LogP contribution in [0.25, 0.3) is 0 Å². The molecule has 1 fully saturated rings. The van der Waals surface area contributed by atoms with Crippen molar-refractivity contribution in [3.05, 3.63) is 33.8 Å². The third-order valence-electron chi connectivity index (χ3n) is 3.04. The molecule has 0 saturated carbocycles. The van der Waals surface area contributed by atoms with E-state index in [4.69, 9.17) is 28.3 Å². The first-order valence-corrected chi connectivity index (χ1v) is 6.45. The van der Waals surface area contributed by atoms with Crippen molar-refractivity contribution in [1.29, 1.82) is 0 Å². The number of carbonyl (C=O) groups is 1. The molecule has 1 unspecified atom stereocenters. The summed E-state index contributed by atoms with van der Waals surface area (Å²) >= 11 is 12.1. The molecule has 98 valence electrons. The Morgan fingerprint density at radius 2 is 2.28 bits per heavy atom. The molecule has 0 spiro atoms. The number of nitrogens with zero attached hydrogens (tertiary/aromatic N) is 1. The smallest absolute Gasteiger partial charge is 0.322 e. The lowest BCUT2D eigenvalue weighted by atomic mass is 10.1. The lowest BCUT2D eigenvalue weighted by Crippen LogP contribution is -2.54. The molecule has 6 heteroatoms. The molecule has 1 aromatic rings. The van der Waals surface area contributed by atoms with E-state index in [9.17, 15) is 4.79 Å². The van der Waals surface area contributed by atoms with Gasteiger partial charge in [0.2, 0.25) is 0 Å². The van der Waals surface area contributed by atoms with Crippen molar-refractivity contribution in [1.82, 2.24) is 10.2 Å². The highest BCUT2D eigenvalue weighted by molar-refractivity contribution is 6.42. The standard InChI is InChI=1S/C12H14Cl2N2O2/c13-9-3-1-2-8(11(9)14)7-16-5-4-15-6-10(16)12(17)18/h1-3,10,15H,4-7H2,(H,17,18). The Morgan fingerprint density at radius 1 is 1.50 bits per heavy atom. The summed E-state index contributed by atoms with van der Waals surface area (Å²) in [5, 5.41) is 13.2. The average Bonchev–Trinajstić information content (AvgIpc) is 2.35. The van der Waals surface area contributed by atoms with Crippen LogP contribution < -0.4 is 5.32 Å². The average molecular weight is 289 g/mol. The topological polar surface area (TPSA) is 52.6 Å². The van der Waals surface area contributed by atoms with Crippen LogP contribution in [0.2, 0.25) is 10.0 Å². The zero-order chi connectivity index (χ0) is 13.1. The van der Waals surface area contributed by atoms with Crippen LogP contribution in [-0.2, 0) is 11.3 Å². The number of carboxylic acids is 1. The Labute approximate surface area is 115 Å². The highest BCUT2D eigenvalue weighted by Gasteiger charge is 2.28. The number of piperazine rings is 1. The molecule has 18 heavy (non-hydrogen) atoms. The van der Waals surface area contributed by atoms with Crippen LogP contribution in [-0.4, -0.2) is 41.7 Å². The summed E-state index contributed by atoms with van der Waals surface area (Å²) in [5.74, 6) is -0.819. The number of halogens is 2. The van der Waals surface area contributed by atoms with Gasteiger partial charge in [-0.3, -0.25) is 9.69 Å². The minimum Gasteiger partial charge on any atom is -0.480 e. The number of hydrogen-bond acceptors (Lipinski definition) is 3. The van der Waals surface area contributed by atoms with Crippen LogP contribution in [0.1, 0.15) is 5.56 Å². The lowest BCUT2D eigenvalue weighted by molar-refractivity contribution is -0.144. The Bertz CT molecular complexity index is 454. The van der Waals surface area contributed by atoms with E-state index < -0.39 is 12.0 Å². The third-order valence-corrected chi connectivity index (χ3v) is 3.90. The summed E-state index contributed by atoms with van der Waals surface area (Å²) in [5.41, 5.74) is 0.859. The second kappa shape index (κ2) is 5.89. The molecule has 2 rings (SSSR count). The monoisotopic (exact) mass is 288 g/mol. The van der Waals surface area contributed by atoms with Gasteiger partial charge in [0.1, 0.15) is 6.04 Å². The second-order valence-corrected chi connectivity index (χ2v) is 5.03. The van der Waals surface area contributed by atoms with Crippen LogP contribution in [0.4, 0.5) is 0 Å². The minimum absolute atomic E-state index is 0.452. The van der Waals surface area contributed by atoms with Gasteiger partial charge in [0.05, 0.1) is 10.0 Å². The quantitative estimate of drug-likeness (QED) is 0.891. The first kappa shape index (κ1) is 13.6. The largest absolute Gasteiger partial charge is 0.480 e. The fourth-order valence-electron chi connectivity index (χ4n) is 2.07. The molecular formula is C12H14Cl2N2O2. The third kappa shape index (κ3) is 2.95. The predicted octanol–water partition coefficient (Wildman–Crippen LogP) is 1.85. The van der Waals surface area contributed by atoms with E-state index in [1.54, 1.807) is 6.07 Å². The summed E-state index contributed by atoms with van der Waals surface area (Å²) < 4.78 is 0. The molecule has 1 heterocycles. The lowest BCUT2D eigenvalue weighted by Gasteiger charge is -2.33. The fourth-order valence-corrected chi connectivity index (χ4v) is 2.45. The van der Waals surface area contributed by atoms with E-state index in [1.807, 2.05) is 17.0 Å². The molecule has 1 aromatic carbocycles. The van der Waals surface area contributed by atoms with Crippen molar-refractivity contribution in [2.75, 3.05) is 19.6 Å². The summed E-state index contributed by atoms with van der Waals surface area (Å²) in [6.07, 6.45) is 0.